The summed E-state index contributed by atoms with van der Waals surface area (Å²) < 4.78 is 0. The number of benzene rings is 1. The van der Waals surface area contributed by atoms with Crippen molar-refractivity contribution in [2.75, 3.05) is 12.3 Å². The van der Waals surface area contributed by atoms with Crippen LogP contribution in [0.25, 0.3) is 0 Å². The monoisotopic (exact) mass is 168 g/mol. The molecule has 0 aliphatic rings. The lowest BCUT2D eigenvalue weighted by atomic mass is 10.1. The number of aromatic hydroxyl groups is 1. The average molecular weight is 168 g/mol. The minimum Gasteiger partial charge on any atom is -0.508 e. The normalized spacial score (nSPS) is 12.8. The SMILES string of the molecule is Nc1ccc(O)cc1C(N)CO. The first kappa shape index (κ1) is 8.83. The summed E-state index contributed by atoms with van der Waals surface area (Å²) in [4.78, 5) is 0. The highest BCUT2D eigenvalue weighted by molar-refractivity contribution is 5.51. The molecule has 0 bridgehead atoms. The maximum absolute atomic E-state index is 9.09. The van der Waals surface area contributed by atoms with Crippen LogP contribution < -0.4 is 11.5 Å². The predicted molar refractivity (Wildman–Crippen MR) is 46.5 cm³/mol. The van der Waals surface area contributed by atoms with Gasteiger partial charge >= 0.3 is 0 Å². The number of hydrogen-bond acceptors (Lipinski definition) is 4. The molecular weight excluding hydrogens is 156 g/mol. The number of hydrogen-bond donors (Lipinski definition) is 4. The summed E-state index contributed by atoms with van der Waals surface area (Å²) in [7, 11) is 0. The summed E-state index contributed by atoms with van der Waals surface area (Å²) >= 11 is 0. The van der Waals surface area contributed by atoms with Crippen molar-refractivity contribution in [1.82, 2.24) is 0 Å². The zero-order valence-electron chi connectivity index (χ0n) is 6.57. The lowest BCUT2D eigenvalue weighted by Gasteiger charge is -2.11. The van der Waals surface area contributed by atoms with E-state index >= 15 is 0 Å². The van der Waals surface area contributed by atoms with Gasteiger partial charge in [0.15, 0.2) is 0 Å². The maximum Gasteiger partial charge on any atom is 0.116 e. The smallest absolute Gasteiger partial charge is 0.116 e. The van der Waals surface area contributed by atoms with Crippen molar-refractivity contribution in [3.8, 4) is 5.75 Å². The highest BCUT2D eigenvalue weighted by Gasteiger charge is 2.08. The van der Waals surface area contributed by atoms with Gasteiger partial charge < -0.3 is 21.7 Å². The molecule has 0 amide bonds. The van der Waals surface area contributed by atoms with Crippen LogP contribution in [0, 0.1) is 0 Å². The van der Waals surface area contributed by atoms with Crippen LogP contribution in [0.2, 0.25) is 0 Å². The first-order valence-electron chi connectivity index (χ1n) is 3.60. The molecule has 0 saturated heterocycles. The summed E-state index contributed by atoms with van der Waals surface area (Å²) in [6.45, 7) is -0.187. The molecule has 0 saturated carbocycles. The van der Waals surface area contributed by atoms with Gasteiger partial charge in [-0.15, -0.1) is 0 Å². The van der Waals surface area contributed by atoms with Gasteiger partial charge in [0.1, 0.15) is 5.75 Å². The van der Waals surface area contributed by atoms with Crippen molar-refractivity contribution in [3.63, 3.8) is 0 Å². The molecule has 0 aliphatic heterocycles. The largest absolute Gasteiger partial charge is 0.508 e. The lowest BCUT2D eigenvalue weighted by molar-refractivity contribution is 0.268. The van der Waals surface area contributed by atoms with Crippen molar-refractivity contribution >= 4 is 5.69 Å². The zero-order valence-corrected chi connectivity index (χ0v) is 6.57. The van der Waals surface area contributed by atoms with Crippen LogP contribution in [0.4, 0.5) is 5.69 Å². The van der Waals surface area contributed by atoms with E-state index in [0.29, 0.717) is 11.3 Å². The molecule has 0 heterocycles. The van der Waals surface area contributed by atoms with Crippen LogP contribution in [-0.2, 0) is 0 Å². The molecule has 6 N–H and O–H groups in total. The lowest BCUT2D eigenvalue weighted by Crippen LogP contribution is -2.16. The van der Waals surface area contributed by atoms with Crippen molar-refractivity contribution in [2.24, 2.45) is 5.73 Å². The molecule has 0 fully saturated rings. The standard InChI is InChI=1S/C8H12N2O2/c9-7-2-1-5(12)3-6(7)8(10)4-11/h1-3,8,11-12H,4,9-10H2. The predicted octanol–water partition coefficient (Wildman–Crippen LogP) is -0.0335. The van der Waals surface area contributed by atoms with Crippen molar-refractivity contribution in [1.29, 1.82) is 0 Å². The number of rotatable bonds is 2. The Balaban J connectivity index is 3.04. The van der Waals surface area contributed by atoms with Crippen LogP contribution in [-0.4, -0.2) is 16.8 Å². The molecule has 0 spiro atoms. The average Bonchev–Trinajstić information content (AvgIpc) is 2.08. The summed E-state index contributed by atoms with van der Waals surface area (Å²) in [5.74, 6) is 0.100. The molecule has 1 aromatic carbocycles. The molecule has 1 unspecified atom stereocenters. The first-order valence-corrected chi connectivity index (χ1v) is 3.60. The third kappa shape index (κ3) is 1.66. The van der Waals surface area contributed by atoms with Gasteiger partial charge in [0.25, 0.3) is 0 Å². The van der Waals surface area contributed by atoms with E-state index in [0.717, 1.165) is 0 Å². The third-order valence-corrected chi connectivity index (χ3v) is 1.67. The highest BCUT2D eigenvalue weighted by Crippen LogP contribution is 2.22. The number of phenolic OH excluding ortho intramolecular Hbond substituents is 1. The molecule has 0 aromatic heterocycles. The Labute approximate surface area is 70.4 Å². The Morgan fingerprint density at radius 2 is 2.08 bits per heavy atom. The van der Waals surface area contributed by atoms with E-state index in [9.17, 15) is 0 Å². The number of phenols is 1. The summed E-state index contributed by atoms with van der Waals surface area (Å²) in [5, 5.41) is 17.8. The van der Waals surface area contributed by atoms with E-state index < -0.39 is 6.04 Å². The van der Waals surface area contributed by atoms with Gasteiger partial charge in [-0.1, -0.05) is 0 Å². The fraction of sp³-hybridized carbons (Fsp3) is 0.250. The summed E-state index contributed by atoms with van der Waals surface area (Å²) in [5.41, 5.74) is 12.1. The van der Waals surface area contributed by atoms with E-state index in [-0.39, 0.29) is 12.4 Å². The number of nitrogens with two attached hydrogens (primary N) is 2. The fourth-order valence-electron chi connectivity index (χ4n) is 0.982. The molecular formula is C8H12N2O2. The molecule has 66 valence electrons. The van der Waals surface area contributed by atoms with Crippen LogP contribution >= 0.6 is 0 Å². The molecule has 4 nitrogen and oxygen atoms in total. The minimum absolute atomic E-state index is 0.100. The van der Waals surface area contributed by atoms with Crippen LogP contribution in [0.1, 0.15) is 11.6 Å². The van der Waals surface area contributed by atoms with Gasteiger partial charge in [-0.3, -0.25) is 0 Å². The Kier molecular flexibility index (Phi) is 2.52. The van der Waals surface area contributed by atoms with Crippen molar-refractivity contribution in [2.45, 2.75) is 6.04 Å². The fourth-order valence-corrected chi connectivity index (χ4v) is 0.982. The van der Waals surface area contributed by atoms with Gasteiger partial charge in [0, 0.05) is 5.69 Å². The minimum atomic E-state index is -0.530. The molecule has 12 heavy (non-hydrogen) atoms. The van der Waals surface area contributed by atoms with Gasteiger partial charge in [-0.25, -0.2) is 0 Å². The van der Waals surface area contributed by atoms with Gasteiger partial charge in [-0.2, -0.15) is 0 Å². The number of anilines is 1. The van der Waals surface area contributed by atoms with Crippen molar-refractivity contribution in [3.05, 3.63) is 23.8 Å². The molecule has 1 aromatic rings. The molecule has 1 atom stereocenters. The highest BCUT2D eigenvalue weighted by atomic mass is 16.3. The topological polar surface area (TPSA) is 92.5 Å². The van der Waals surface area contributed by atoms with Crippen LogP contribution in [0.3, 0.4) is 0 Å². The number of aliphatic hydroxyl groups is 1. The second-order valence-electron chi connectivity index (χ2n) is 2.60. The van der Waals surface area contributed by atoms with E-state index in [4.69, 9.17) is 21.7 Å². The summed E-state index contributed by atoms with van der Waals surface area (Å²) in [6.07, 6.45) is 0. The van der Waals surface area contributed by atoms with E-state index in [1.807, 2.05) is 0 Å². The zero-order chi connectivity index (χ0) is 9.14. The van der Waals surface area contributed by atoms with Crippen LogP contribution in [0.5, 0.6) is 5.75 Å². The molecule has 0 aliphatic carbocycles. The first-order chi connectivity index (χ1) is 5.65. The van der Waals surface area contributed by atoms with Crippen molar-refractivity contribution < 1.29 is 10.2 Å². The Bertz CT molecular complexity index is 276. The second kappa shape index (κ2) is 3.42. The Morgan fingerprint density at radius 1 is 1.42 bits per heavy atom. The molecule has 0 radical (unpaired) electrons. The van der Waals surface area contributed by atoms with Gasteiger partial charge in [0.2, 0.25) is 0 Å². The quantitative estimate of drug-likeness (QED) is 0.368. The van der Waals surface area contributed by atoms with Gasteiger partial charge in [0.05, 0.1) is 12.6 Å². The summed E-state index contributed by atoms with van der Waals surface area (Å²) in [6, 6.07) is 3.95. The Hall–Kier alpha value is -1.26. The van der Waals surface area contributed by atoms with E-state index in [1.54, 1.807) is 6.07 Å². The Morgan fingerprint density at radius 3 is 2.67 bits per heavy atom. The van der Waals surface area contributed by atoms with Crippen LogP contribution in [0.15, 0.2) is 18.2 Å². The van der Waals surface area contributed by atoms with E-state index in [2.05, 4.69) is 0 Å². The maximum atomic E-state index is 9.09. The molecule has 1 rings (SSSR count). The number of nitrogen functional groups attached to an aromatic ring is 1. The molecule has 4 heteroatoms. The second-order valence-corrected chi connectivity index (χ2v) is 2.60. The third-order valence-electron chi connectivity index (χ3n) is 1.67. The van der Waals surface area contributed by atoms with Gasteiger partial charge in [-0.05, 0) is 23.8 Å². The van der Waals surface area contributed by atoms with E-state index in [1.165, 1.54) is 12.1 Å². The number of aliphatic hydroxyl groups excluding tert-OH is 1.